The third-order valence-corrected chi connectivity index (χ3v) is 4.73. The van der Waals surface area contributed by atoms with E-state index in [-0.39, 0.29) is 6.61 Å². The maximum absolute atomic E-state index is 12.1. The van der Waals surface area contributed by atoms with Crippen molar-refractivity contribution in [3.05, 3.63) is 47.3 Å². The van der Waals surface area contributed by atoms with Crippen molar-refractivity contribution in [2.24, 2.45) is 0 Å². The maximum atomic E-state index is 12.1. The van der Waals surface area contributed by atoms with E-state index in [2.05, 4.69) is 4.98 Å². The first-order valence-corrected chi connectivity index (χ1v) is 7.76. The molecule has 102 valence electrons. The number of hydrogen-bond acceptors (Lipinski definition) is 4. The lowest BCUT2D eigenvalue weighted by molar-refractivity contribution is 0.334. The van der Waals surface area contributed by atoms with Crippen LogP contribution in [0.1, 0.15) is 18.9 Å². The minimum Gasteiger partial charge on any atom is -0.270 e. The van der Waals surface area contributed by atoms with E-state index in [4.69, 9.17) is 15.8 Å². The van der Waals surface area contributed by atoms with Crippen LogP contribution >= 0.6 is 11.6 Å². The molecule has 0 saturated carbocycles. The molecule has 0 aromatic carbocycles. The molecule has 0 aliphatic heterocycles. The van der Waals surface area contributed by atoms with Gasteiger partial charge in [-0.05, 0) is 30.5 Å². The van der Waals surface area contributed by atoms with Gasteiger partial charge in [0.1, 0.15) is 10.4 Å². The summed E-state index contributed by atoms with van der Waals surface area (Å²) in [5, 5.41) is -0.319. The van der Waals surface area contributed by atoms with Crippen molar-refractivity contribution in [1.82, 2.24) is 4.98 Å². The number of nitrogens with zero attached hydrogens (tertiary/aromatic N) is 1. The van der Waals surface area contributed by atoms with Gasteiger partial charge in [0.25, 0.3) is 10.1 Å². The average Bonchev–Trinajstić information content (AvgIpc) is 2.39. The van der Waals surface area contributed by atoms with Crippen molar-refractivity contribution in [1.29, 1.82) is 0 Å². The minimum absolute atomic E-state index is 0.134. The van der Waals surface area contributed by atoms with Gasteiger partial charge in [-0.3, -0.25) is 4.18 Å². The van der Waals surface area contributed by atoms with Gasteiger partial charge >= 0.3 is 0 Å². The molecule has 1 aliphatic rings. The van der Waals surface area contributed by atoms with Crippen LogP contribution in [0.3, 0.4) is 0 Å². The van der Waals surface area contributed by atoms with E-state index in [0.29, 0.717) is 17.1 Å². The van der Waals surface area contributed by atoms with Crippen LogP contribution < -0.4 is 0 Å². The van der Waals surface area contributed by atoms with Gasteiger partial charge in [-0.2, -0.15) is 8.42 Å². The maximum Gasteiger partial charge on any atom is 0.274 e. The summed E-state index contributed by atoms with van der Waals surface area (Å²) in [6.45, 7) is 1.79. The van der Waals surface area contributed by atoms with Crippen LogP contribution in [0.5, 0.6) is 0 Å². The largest absolute Gasteiger partial charge is 0.274 e. The van der Waals surface area contributed by atoms with Gasteiger partial charge in [0.2, 0.25) is 0 Å². The summed E-state index contributed by atoms with van der Waals surface area (Å²) in [5.41, 5.74) is 1.42. The molecule has 1 aliphatic carbocycles. The second kappa shape index (κ2) is 5.86. The van der Waals surface area contributed by atoms with Crippen LogP contribution in [0.25, 0.3) is 5.57 Å². The van der Waals surface area contributed by atoms with Crippen LogP contribution in [0.15, 0.2) is 36.6 Å². The Kier molecular flexibility index (Phi) is 4.39. The second-order valence-electron chi connectivity index (χ2n) is 4.04. The van der Waals surface area contributed by atoms with Crippen LogP contribution in [0.4, 0.5) is 0 Å². The van der Waals surface area contributed by atoms with Gasteiger partial charge in [0.05, 0.1) is 6.61 Å². The molecule has 1 unspecified atom stereocenters. The Bertz CT molecular complexity index is 605. The highest BCUT2D eigenvalue weighted by Gasteiger charge is 2.30. The smallest absolute Gasteiger partial charge is 0.270 e. The van der Waals surface area contributed by atoms with Gasteiger partial charge < -0.3 is 0 Å². The highest BCUT2D eigenvalue weighted by atomic mass is 35.5. The first-order valence-electron chi connectivity index (χ1n) is 5.91. The molecule has 1 aromatic rings. The van der Waals surface area contributed by atoms with Gasteiger partial charge in [-0.1, -0.05) is 35.9 Å². The van der Waals surface area contributed by atoms with Crippen molar-refractivity contribution in [2.45, 2.75) is 18.6 Å². The fourth-order valence-electron chi connectivity index (χ4n) is 1.96. The van der Waals surface area contributed by atoms with E-state index in [1.54, 1.807) is 31.3 Å². The first kappa shape index (κ1) is 14.2. The van der Waals surface area contributed by atoms with Crippen molar-refractivity contribution in [2.75, 3.05) is 6.61 Å². The van der Waals surface area contributed by atoms with E-state index in [1.165, 1.54) is 0 Å². The summed E-state index contributed by atoms with van der Waals surface area (Å²) in [4.78, 5) is 3.98. The Morgan fingerprint density at radius 2 is 2.26 bits per heavy atom. The lowest BCUT2D eigenvalue weighted by Gasteiger charge is -2.21. The van der Waals surface area contributed by atoms with E-state index < -0.39 is 15.4 Å². The highest BCUT2D eigenvalue weighted by Crippen LogP contribution is 2.30. The van der Waals surface area contributed by atoms with Crippen LogP contribution in [-0.2, 0) is 14.3 Å². The minimum atomic E-state index is -3.62. The zero-order valence-electron chi connectivity index (χ0n) is 10.4. The number of hydrogen-bond donors (Lipinski definition) is 0. The third kappa shape index (κ3) is 3.23. The molecule has 0 radical (unpaired) electrons. The van der Waals surface area contributed by atoms with Gasteiger partial charge in [-0.25, -0.2) is 4.98 Å². The molecule has 1 heterocycles. The molecular weight excluding hydrogens is 286 g/mol. The van der Waals surface area contributed by atoms with Crippen molar-refractivity contribution in [3.63, 3.8) is 0 Å². The molecular formula is C13H14ClNO3S. The number of pyridine rings is 1. The summed E-state index contributed by atoms with van der Waals surface area (Å²) >= 11 is 5.74. The van der Waals surface area contributed by atoms with E-state index in [0.717, 1.165) is 5.56 Å². The van der Waals surface area contributed by atoms with Crippen LogP contribution in [0, 0.1) is 0 Å². The van der Waals surface area contributed by atoms with Crippen LogP contribution in [-0.4, -0.2) is 25.3 Å². The van der Waals surface area contributed by atoms with E-state index >= 15 is 0 Å². The molecule has 4 nitrogen and oxygen atoms in total. The monoisotopic (exact) mass is 299 g/mol. The number of rotatable bonds is 4. The van der Waals surface area contributed by atoms with Crippen molar-refractivity contribution >= 4 is 27.3 Å². The molecule has 6 heteroatoms. The summed E-state index contributed by atoms with van der Waals surface area (Å²) in [6.07, 6.45) is 7.39. The molecule has 1 atom stereocenters. The van der Waals surface area contributed by atoms with E-state index in [9.17, 15) is 8.42 Å². The average molecular weight is 300 g/mol. The summed E-state index contributed by atoms with van der Waals surface area (Å²) < 4.78 is 29.1. The Balaban J connectivity index is 2.38. The zero-order chi connectivity index (χ0) is 13.9. The topological polar surface area (TPSA) is 56.3 Å². The lowest BCUT2D eigenvalue weighted by Crippen LogP contribution is -2.25. The summed E-state index contributed by atoms with van der Waals surface area (Å²) in [6, 6.07) is 3.40. The second-order valence-corrected chi connectivity index (χ2v) is 6.22. The Morgan fingerprint density at radius 3 is 2.89 bits per heavy atom. The van der Waals surface area contributed by atoms with E-state index in [1.807, 2.05) is 12.2 Å². The molecule has 2 rings (SSSR count). The summed E-state index contributed by atoms with van der Waals surface area (Å²) in [7, 11) is -3.62. The predicted molar refractivity (Wildman–Crippen MR) is 75.3 cm³/mol. The quantitative estimate of drug-likeness (QED) is 0.634. The summed E-state index contributed by atoms with van der Waals surface area (Å²) in [5.74, 6) is 0. The Hall–Kier alpha value is -1.17. The lowest BCUT2D eigenvalue weighted by atomic mass is 9.98. The first-order chi connectivity index (χ1) is 9.04. The molecule has 0 fully saturated rings. The Morgan fingerprint density at radius 1 is 1.47 bits per heavy atom. The van der Waals surface area contributed by atoms with Crippen molar-refractivity contribution < 1.29 is 12.6 Å². The normalized spacial score (nSPS) is 19.3. The number of halogens is 1. The fraction of sp³-hybridized carbons (Fsp3) is 0.308. The standard InChI is InChI=1S/C13H14ClNO3S/c1-2-18-19(16,17)12-6-4-3-5-11(12)10-7-8-13(14)15-9-10/h3-5,7-9,12H,2,6H2,1H3. The molecule has 0 amide bonds. The predicted octanol–water partition coefficient (Wildman–Crippen LogP) is 2.81. The van der Waals surface area contributed by atoms with Crippen LogP contribution in [0.2, 0.25) is 5.15 Å². The molecule has 0 saturated heterocycles. The fourth-order valence-corrected chi connectivity index (χ4v) is 3.43. The van der Waals surface area contributed by atoms with Gasteiger partial charge in [0, 0.05) is 6.20 Å². The number of aromatic nitrogens is 1. The number of allylic oxidation sites excluding steroid dienone is 3. The van der Waals surface area contributed by atoms with Gasteiger partial charge in [-0.15, -0.1) is 0 Å². The third-order valence-electron chi connectivity index (χ3n) is 2.80. The molecule has 0 spiro atoms. The molecule has 0 N–H and O–H groups in total. The zero-order valence-corrected chi connectivity index (χ0v) is 12.0. The molecule has 19 heavy (non-hydrogen) atoms. The van der Waals surface area contributed by atoms with Crippen molar-refractivity contribution in [3.8, 4) is 0 Å². The molecule has 0 bridgehead atoms. The SMILES string of the molecule is CCOS(=O)(=O)C1CC=CC=C1c1ccc(Cl)nc1. The molecule has 1 aromatic heterocycles. The van der Waals surface area contributed by atoms with Gasteiger partial charge in [0.15, 0.2) is 0 Å². The highest BCUT2D eigenvalue weighted by molar-refractivity contribution is 7.87. The Labute approximate surface area is 117 Å².